The van der Waals surface area contributed by atoms with E-state index in [1.54, 1.807) is 32.0 Å². The van der Waals surface area contributed by atoms with Gasteiger partial charge in [0.25, 0.3) is 10.0 Å². The summed E-state index contributed by atoms with van der Waals surface area (Å²) in [6.45, 7) is 5.29. The SMILES string of the molecule is Cc1ccc(S(=O)(=O)Nc2ccc(C(=O)O)cc2C)c(C)c1. The number of rotatable bonds is 4. The van der Waals surface area contributed by atoms with Crippen molar-refractivity contribution in [2.24, 2.45) is 0 Å². The fourth-order valence-electron chi connectivity index (χ4n) is 2.21. The number of hydrogen-bond donors (Lipinski definition) is 2. The zero-order chi connectivity index (χ0) is 16.5. The lowest BCUT2D eigenvalue weighted by molar-refractivity contribution is 0.0697. The number of aryl methyl sites for hydroxylation is 3. The molecule has 5 nitrogen and oxygen atoms in total. The first-order chi connectivity index (χ1) is 10.2. The monoisotopic (exact) mass is 319 g/mol. The number of hydrogen-bond acceptors (Lipinski definition) is 3. The first-order valence-electron chi connectivity index (χ1n) is 6.65. The summed E-state index contributed by atoms with van der Waals surface area (Å²) in [7, 11) is -3.71. The van der Waals surface area contributed by atoms with Crippen molar-refractivity contribution in [3.63, 3.8) is 0 Å². The Morgan fingerprint density at radius 2 is 1.68 bits per heavy atom. The summed E-state index contributed by atoms with van der Waals surface area (Å²) < 4.78 is 27.5. The van der Waals surface area contributed by atoms with E-state index in [2.05, 4.69) is 4.72 Å². The average Bonchev–Trinajstić information content (AvgIpc) is 2.40. The lowest BCUT2D eigenvalue weighted by Crippen LogP contribution is -2.15. The minimum atomic E-state index is -3.71. The van der Waals surface area contributed by atoms with Gasteiger partial charge in [-0.05, 0) is 56.2 Å². The van der Waals surface area contributed by atoms with Crippen molar-refractivity contribution in [2.75, 3.05) is 4.72 Å². The highest BCUT2D eigenvalue weighted by atomic mass is 32.2. The molecule has 0 heterocycles. The van der Waals surface area contributed by atoms with Crippen molar-refractivity contribution in [3.8, 4) is 0 Å². The molecule has 22 heavy (non-hydrogen) atoms. The van der Waals surface area contributed by atoms with Crippen LogP contribution in [-0.2, 0) is 10.0 Å². The molecule has 6 heteroatoms. The normalized spacial score (nSPS) is 11.2. The minimum absolute atomic E-state index is 0.118. The van der Waals surface area contributed by atoms with Gasteiger partial charge in [0.1, 0.15) is 0 Å². The second kappa shape index (κ2) is 5.81. The average molecular weight is 319 g/mol. The van der Waals surface area contributed by atoms with E-state index in [9.17, 15) is 13.2 Å². The zero-order valence-electron chi connectivity index (χ0n) is 12.5. The molecule has 0 saturated heterocycles. The molecule has 0 amide bonds. The van der Waals surface area contributed by atoms with Crippen molar-refractivity contribution >= 4 is 21.7 Å². The molecule has 0 spiro atoms. The van der Waals surface area contributed by atoms with Crippen LogP contribution in [0.3, 0.4) is 0 Å². The molecule has 0 aliphatic carbocycles. The third-order valence-electron chi connectivity index (χ3n) is 3.34. The van der Waals surface area contributed by atoms with Gasteiger partial charge in [0, 0.05) is 0 Å². The summed E-state index contributed by atoms with van der Waals surface area (Å²) in [6, 6.07) is 9.36. The molecule has 2 N–H and O–H groups in total. The largest absolute Gasteiger partial charge is 0.478 e. The molecule has 2 aromatic rings. The van der Waals surface area contributed by atoms with E-state index < -0.39 is 16.0 Å². The van der Waals surface area contributed by atoms with E-state index in [0.717, 1.165) is 5.56 Å². The zero-order valence-corrected chi connectivity index (χ0v) is 13.4. The van der Waals surface area contributed by atoms with E-state index in [0.29, 0.717) is 16.8 Å². The number of carboxylic acid groups (broad SMARTS) is 1. The Hall–Kier alpha value is -2.34. The highest BCUT2D eigenvalue weighted by Crippen LogP contribution is 2.23. The van der Waals surface area contributed by atoms with E-state index >= 15 is 0 Å². The van der Waals surface area contributed by atoms with Crippen LogP contribution in [0.5, 0.6) is 0 Å². The van der Waals surface area contributed by atoms with Crippen LogP contribution >= 0.6 is 0 Å². The molecule has 116 valence electrons. The summed E-state index contributed by atoms with van der Waals surface area (Å²) in [5.74, 6) is -1.05. The second-order valence-corrected chi connectivity index (χ2v) is 6.86. The molecule has 0 radical (unpaired) electrons. The van der Waals surface area contributed by atoms with Crippen LogP contribution < -0.4 is 4.72 Å². The standard InChI is InChI=1S/C16H17NO4S/c1-10-4-7-15(12(3)8-10)22(20,21)17-14-6-5-13(16(18)19)9-11(14)2/h4-9,17H,1-3H3,(H,18,19). The van der Waals surface area contributed by atoms with Gasteiger partial charge < -0.3 is 5.11 Å². The van der Waals surface area contributed by atoms with Crippen LogP contribution in [0.1, 0.15) is 27.0 Å². The van der Waals surface area contributed by atoms with Crippen LogP contribution in [0, 0.1) is 20.8 Å². The predicted octanol–water partition coefficient (Wildman–Crippen LogP) is 3.11. The Labute approximate surface area is 129 Å². The maximum atomic E-state index is 12.5. The van der Waals surface area contributed by atoms with Gasteiger partial charge in [0.05, 0.1) is 16.1 Å². The fourth-order valence-corrected chi connectivity index (χ4v) is 3.57. The van der Waals surface area contributed by atoms with Crippen LogP contribution in [0.25, 0.3) is 0 Å². The Balaban J connectivity index is 2.39. The molecule has 0 fully saturated rings. The lowest BCUT2D eigenvalue weighted by Gasteiger charge is -2.13. The number of carbonyl (C=O) groups is 1. The molecule has 0 bridgehead atoms. The van der Waals surface area contributed by atoms with Crippen LogP contribution in [0.2, 0.25) is 0 Å². The van der Waals surface area contributed by atoms with Crippen molar-refractivity contribution in [2.45, 2.75) is 25.7 Å². The van der Waals surface area contributed by atoms with Gasteiger partial charge >= 0.3 is 5.97 Å². The molecule has 2 aromatic carbocycles. The molecular formula is C16H17NO4S. The Kier molecular flexibility index (Phi) is 4.23. The summed E-state index contributed by atoms with van der Waals surface area (Å²) in [5, 5.41) is 8.93. The quantitative estimate of drug-likeness (QED) is 0.907. The smallest absolute Gasteiger partial charge is 0.335 e. The van der Waals surface area contributed by atoms with Crippen LogP contribution in [-0.4, -0.2) is 19.5 Å². The van der Waals surface area contributed by atoms with Gasteiger partial charge in [-0.25, -0.2) is 13.2 Å². The highest BCUT2D eigenvalue weighted by Gasteiger charge is 2.18. The van der Waals surface area contributed by atoms with Gasteiger partial charge in [-0.3, -0.25) is 4.72 Å². The molecule has 0 aliphatic rings. The lowest BCUT2D eigenvalue weighted by atomic mass is 10.1. The maximum absolute atomic E-state index is 12.5. The molecule has 0 aromatic heterocycles. The summed E-state index contributed by atoms with van der Waals surface area (Å²) in [4.78, 5) is 11.1. The molecule has 0 atom stereocenters. The Bertz CT molecular complexity index is 841. The van der Waals surface area contributed by atoms with Gasteiger partial charge in [-0.1, -0.05) is 17.7 Å². The van der Waals surface area contributed by atoms with Crippen molar-refractivity contribution in [1.82, 2.24) is 0 Å². The van der Waals surface area contributed by atoms with Crippen LogP contribution in [0.4, 0.5) is 5.69 Å². The molecule has 0 aliphatic heterocycles. The van der Waals surface area contributed by atoms with E-state index in [1.807, 2.05) is 6.92 Å². The van der Waals surface area contributed by atoms with Crippen molar-refractivity contribution in [1.29, 1.82) is 0 Å². The number of sulfonamides is 1. The molecule has 2 rings (SSSR count). The fraction of sp³-hybridized carbons (Fsp3) is 0.188. The molecule has 0 unspecified atom stereocenters. The number of carboxylic acids is 1. The van der Waals surface area contributed by atoms with E-state index in [4.69, 9.17) is 5.11 Å². The number of aromatic carboxylic acids is 1. The van der Waals surface area contributed by atoms with Gasteiger partial charge in [-0.15, -0.1) is 0 Å². The summed E-state index contributed by atoms with van der Waals surface area (Å²) >= 11 is 0. The third kappa shape index (κ3) is 3.28. The number of benzene rings is 2. The van der Waals surface area contributed by atoms with E-state index in [1.165, 1.54) is 18.2 Å². The summed E-state index contributed by atoms with van der Waals surface area (Å²) in [5.41, 5.74) is 2.68. The molecule has 0 saturated carbocycles. The minimum Gasteiger partial charge on any atom is -0.478 e. The second-order valence-electron chi connectivity index (χ2n) is 5.21. The third-order valence-corrected chi connectivity index (χ3v) is 4.86. The number of anilines is 1. The number of nitrogens with one attached hydrogen (secondary N) is 1. The highest BCUT2D eigenvalue weighted by molar-refractivity contribution is 7.92. The van der Waals surface area contributed by atoms with Gasteiger partial charge in [-0.2, -0.15) is 0 Å². The summed E-state index contributed by atoms with van der Waals surface area (Å²) in [6.07, 6.45) is 0. The van der Waals surface area contributed by atoms with Crippen molar-refractivity contribution < 1.29 is 18.3 Å². The van der Waals surface area contributed by atoms with Crippen molar-refractivity contribution in [3.05, 3.63) is 58.7 Å². The Morgan fingerprint density at radius 1 is 1.00 bits per heavy atom. The van der Waals surface area contributed by atoms with Gasteiger partial charge in [0.15, 0.2) is 0 Å². The van der Waals surface area contributed by atoms with Crippen LogP contribution in [0.15, 0.2) is 41.3 Å². The first-order valence-corrected chi connectivity index (χ1v) is 8.13. The maximum Gasteiger partial charge on any atom is 0.335 e. The van der Waals surface area contributed by atoms with E-state index in [-0.39, 0.29) is 10.5 Å². The Morgan fingerprint density at radius 3 is 2.23 bits per heavy atom. The first kappa shape index (κ1) is 16.0. The molecular weight excluding hydrogens is 302 g/mol. The predicted molar refractivity (Wildman–Crippen MR) is 84.9 cm³/mol. The van der Waals surface area contributed by atoms with Gasteiger partial charge in [0.2, 0.25) is 0 Å². The topological polar surface area (TPSA) is 83.5 Å².